The Hall–Kier alpha value is -2.68. The van der Waals surface area contributed by atoms with Gasteiger partial charge in [-0.1, -0.05) is 178 Å². The molecule has 0 saturated heterocycles. The van der Waals surface area contributed by atoms with Gasteiger partial charge in [-0.05, 0) is 42.8 Å². The molecule has 3 rings (SSSR count). The van der Waals surface area contributed by atoms with Gasteiger partial charge in [-0.15, -0.1) is 0 Å². The van der Waals surface area contributed by atoms with Crippen LogP contribution in [-0.4, -0.2) is 19.7 Å². The van der Waals surface area contributed by atoms with Crippen molar-refractivity contribution in [2.75, 3.05) is 30.3 Å². The summed E-state index contributed by atoms with van der Waals surface area (Å²) in [5, 5.41) is 2.75. The van der Waals surface area contributed by atoms with Crippen LogP contribution >= 0.6 is 0 Å². The summed E-state index contributed by atoms with van der Waals surface area (Å²) in [6.07, 6.45) is 27.2. The number of hydrogen-bond donors (Lipinski definition) is 1. The molecule has 0 bridgehead atoms. The Balaban J connectivity index is 0.000000316. The maximum Gasteiger partial charge on any atom is 0.142 e. The minimum absolute atomic E-state index is 0.739. The lowest BCUT2D eigenvalue weighted by molar-refractivity contribution is 0.306. The molecular weight excluding hydrogens is 548 g/mol. The van der Waals surface area contributed by atoms with Crippen LogP contribution in [0.4, 0.5) is 11.4 Å². The van der Waals surface area contributed by atoms with E-state index >= 15 is 0 Å². The van der Waals surface area contributed by atoms with Crippen molar-refractivity contribution in [2.24, 2.45) is 0 Å². The molecule has 0 radical (unpaired) electrons. The largest absolute Gasteiger partial charge is 0.491 e. The van der Waals surface area contributed by atoms with Gasteiger partial charge in [0.05, 0.1) is 12.3 Å². The molecule has 0 spiro atoms. The smallest absolute Gasteiger partial charge is 0.142 e. The number of nitrogens with two attached hydrogens (primary N) is 1. The maximum absolute atomic E-state index is 5.86. The monoisotopic (exact) mass is 617 g/mol. The van der Waals surface area contributed by atoms with Crippen LogP contribution in [0.1, 0.15) is 149 Å². The maximum atomic E-state index is 5.86. The van der Waals surface area contributed by atoms with Crippen molar-refractivity contribution >= 4 is 22.1 Å². The predicted molar refractivity (Wildman–Crippen MR) is 202 cm³/mol. The highest BCUT2D eigenvalue weighted by Gasteiger charge is 2.09. The minimum Gasteiger partial charge on any atom is -0.491 e. The second-order valence-corrected chi connectivity index (χ2v) is 12.9. The summed E-state index contributed by atoms with van der Waals surface area (Å²) in [6.45, 7) is 9.99. The average molecular weight is 617 g/mol. The lowest BCUT2D eigenvalue weighted by Gasteiger charge is -2.26. The standard InChI is InChI=1S/C22H39NO.C20H29N/c1-2-3-4-5-6-7-8-9-10-11-12-13-14-17-20-24-22-19-16-15-18-21(22)23;1-3-5-7-10-17-21(16-6-4-2)20-15-11-13-18-12-8-9-14-19(18)20/h15-16,18-19H,2-14,17,20,23H2,1H3;8-9,11-15H,3-7,10,16-17H2,1-2H3. The Morgan fingerprint density at radius 1 is 0.489 bits per heavy atom. The van der Waals surface area contributed by atoms with Crippen molar-refractivity contribution in [3.05, 3.63) is 66.7 Å². The summed E-state index contributed by atoms with van der Waals surface area (Å²) in [5.41, 5.74) is 8.01. The fraction of sp³-hybridized carbons (Fsp3) is 0.619. The summed E-state index contributed by atoms with van der Waals surface area (Å²) < 4.78 is 5.72. The molecule has 0 aliphatic rings. The van der Waals surface area contributed by atoms with E-state index in [-0.39, 0.29) is 0 Å². The summed E-state index contributed by atoms with van der Waals surface area (Å²) in [6, 6.07) is 23.2. The number of ether oxygens (including phenoxy) is 1. The first-order chi connectivity index (χ1) is 22.2. The van der Waals surface area contributed by atoms with E-state index in [9.17, 15) is 0 Å². The molecule has 0 unspecified atom stereocenters. The zero-order chi connectivity index (χ0) is 32.2. The third kappa shape index (κ3) is 17.6. The van der Waals surface area contributed by atoms with E-state index < -0.39 is 0 Å². The molecular formula is C42H68N2O. The average Bonchev–Trinajstić information content (AvgIpc) is 3.07. The highest BCUT2D eigenvalue weighted by molar-refractivity contribution is 5.94. The van der Waals surface area contributed by atoms with Crippen LogP contribution in [0, 0.1) is 0 Å². The van der Waals surface area contributed by atoms with Crippen LogP contribution in [0.3, 0.4) is 0 Å². The lowest BCUT2D eigenvalue weighted by atomic mass is 10.0. The number of benzene rings is 3. The third-order valence-corrected chi connectivity index (χ3v) is 8.84. The van der Waals surface area contributed by atoms with Crippen molar-refractivity contribution in [1.82, 2.24) is 0 Å². The van der Waals surface area contributed by atoms with Gasteiger partial charge in [-0.2, -0.15) is 0 Å². The Morgan fingerprint density at radius 3 is 1.60 bits per heavy atom. The van der Waals surface area contributed by atoms with Gasteiger partial charge in [-0.3, -0.25) is 0 Å². The molecule has 0 aliphatic heterocycles. The van der Waals surface area contributed by atoms with Gasteiger partial charge in [-0.25, -0.2) is 0 Å². The number of para-hydroxylation sites is 2. The molecule has 45 heavy (non-hydrogen) atoms. The number of hydrogen-bond acceptors (Lipinski definition) is 3. The normalized spacial score (nSPS) is 10.9. The van der Waals surface area contributed by atoms with Crippen molar-refractivity contribution in [3.63, 3.8) is 0 Å². The van der Waals surface area contributed by atoms with E-state index in [4.69, 9.17) is 10.5 Å². The molecule has 3 nitrogen and oxygen atoms in total. The predicted octanol–water partition coefficient (Wildman–Crippen LogP) is 13.2. The van der Waals surface area contributed by atoms with Crippen LogP contribution < -0.4 is 15.4 Å². The van der Waals surface area contributed by atoms with E-state index in [0.29, 0.717) is 0 Å². The molecule has 0 amide bonds. The van der Waals surface area contributed by atoms with Crippen molar-refractivity contribution < 1.29 is 4.74 Å². The quantitative estimate of drug-likeness (QED) is 0.0760. The summed E-state index contributed by atoms with van der Waals surface area (Å²) in [4.78, 5) is 2.60. The van der Waals surface area contributed by atoms with Gasteiger partial charge in [0.15, 0.2) is 0 Å². The first-order valence-electron chi connectivity index (χ1n) is 18.9. The van der Waals surface area contributed by atoms with Gasteiger partial charge >= 0.3 is 0 Å². The third-order valence-electron chi connectivity index (χ3n) is 8.84. The van der Waals surface area contributed by atoms with E-state index in [2.05, 4.69) is 68.1 Å². The van der Waals surface area contributed by atoms with Crippen molar-refractivity contribution in [3.8, 4) is 5.75 Å². The fourth-order valence-electron chi connectivity index (χ4n) is 6.01. The molecule has 0 saturated carbocycles. The van der Waals surface area contributed by atoms with Gasteiger partial charge < -0.3 is 15.4 Å². The SMILES string of the molecule is CCCCCCCCCCCCCCCCOc1ccccc1N.CCCCCCN(CCCC)c1cccc2ccccc12. The Labute approximate surface area is 278 Å². The molecule has 3 heteroatoms. The van der Waals surface area contributed by atoms with Crippen LogP contribution in [0.5, 0.6) is 5.75 Å². The number of anilines is 2. The highest BCUT2D eigenvalue weighted by atomic mass is 16.5. The molecule has 2 N–H and O–H groups in total. The molecule has 0 atom stereocenters. The minimum atomic E-state index is 0.739. The number of nitrogen functional groups attached to an aromatic ring is 1. The zero-order valence-electron chi connectivity index (χ0n) is 29.5. The molecule has 252 valence electrons. The first kappa shape index (κ1) is 38.5. The summed E-state index contributed by atoms with van der Waals surface area (Å²) in [5.74, 6) is 0.826. The van der Waals surface area contributed by atoms with Crippen molar-refractivity contribution in [2.45, 2.75) is 149 Å². The van der Waals surface area contributed by atoms with Crippen LogP contribution in [0.2, 0.25) is 0 Å². The fourth-order valence-corrected chi connectivity index (χ4v) is 6.01. The second-order valence-electron chi connectivity index (χ2n) is 12.9. The molecule has 0 fully saturated rings. The van der Waals surface area contributed by atoms with Gasteiger partial charge in [0.1, 0.15) is 5.75 Å². The van der Waals surface area contributed by atoms with Gasteiger partial charge in [0, 0.05) is 24.2 Å². The lowest BCUT2D eigenvalue weighted by Crippen LogP contribution is -2.25. The number of unbranched alkanes of at least 4 members (excludes halogenated alkanes) is 17. The highest BCUT2D eigenvalue weighted by Crippen LogP contribution is 2.27. The van der Waals surface area contributed by atoms with E-state index in [1.165, 1.54) is 152 Å². The molecule has 0 heterocycles. The summed E-state index contributed by atoms with van der Waals surface area (Å²) >= 11 is 0. The molecule has 0 aromatic heterocycles. The summed E-state index contributed by atoms with van der Waals surface area (Å²) in [7, 11) is 0. The first-order valence-corrected chi connectivity index (χ1v) is 18.9. The number of rotatable bonds is 25. The topological polar surface area (TPSA) is 38.5 Å². The number of nitrogens with zero attached hydrogens (tertiary/aromatic N) is 1. The second kappa shape index (κ2) is 26.5. The zero-order valence-corrected chi connectivity index (χ0v) is 29.5. The van der Waals surface area contributed by atoms with Gasteiger partial charge in [0.25, 0.3) is 0 Å². The van der Waals surface area contributed by atoms with Crippen molar-refractivity contribution in [1.29, 1.82) is 0 Å². The van der Waals surface area contributed by atoms with Crippen LogP contribution in [0.15, 0.2) is 66.7 Å². The van der Waals surface area contributed by atoms with E-state index in [0.717, 1.165) is 24.5 Å². The molecule has 3 aromatic carbocycles. The Kier molecular flexibility index (Phi) is 22.7. The Morgan fingerprint density at radius 2 is 0.978 bits per heavy atom. The van der Waals surface area contributed by atoms with E-state index in [1.54, 1.807) is 0 Å². The Bertz CT molecular complexity index is 1090. The van der Waals surface area contributed by atoms with Gasteiger partial charge in [0.2, 0.25) is 0 Å². The van der Waals surface area contributed by atoms with Crippen LogP contribution in [0.25, 0.3) is 10.8 Å². The van der Waals surface area contributed by atoms with E-state index in [1.807, 2.05) is 24.3 Å². The molecule has 3 aromatic rings. The van der Waals surface area contributed by atoms with Crippen LogP contribution in [-0.2, 0) is 0 Å². The number of fused-ring (bicyclic) bond motifs is 1. The molecule has 0 aliphatic carbocycles.